The Morgan fingerprint density at radius 3 is 2.50 bits per heavy atom. The smallest absolute Gasteiger partial charge is 0.406 e. The van der Waals surface area contributed by atoms with Crippen molar-refractivity contribution < 1.29 is 22.1 Å². The topological polar surface area (TPSA) is 38.7 Å². The summed E-state index contributed by atoms with van der Waals surface area (Å²) in [6.45, 7) is 0. The summed E-state index contributed by atoms with van der Waals surface area (Å²) < 4.78 is 56.4. The van der Waals surface area contributed by atoms with Crippen LogP contribution in [0.15, 0.2) is 27.0 Å². The molecule has 0 atom stereocenters. The zero-order chi connectivity index (χ0) is 13.4. The van der Waals surface area contributed by atoms with Gasteiger partial charge in [0.2, 0.25) is 0 Å². The van der Waals surface area contributed by atoms with E-state index in [0.717, 1.165) is 12.5 Å². The lowest BCUT2D eigenvalue weighted by Gasteiger charge is -2.18. The third-order valence-corrected chi connectivity index (χ3v) is 5.40. The third kappa shape index (κ3) is 3.38. The van der Waals surface area contributed by atoms with Crippen LogP contribution in [0.2, 0.25) is 0 Å². The van der Waals surface area contributed by atoms with Crippen molar-refractivity contribution in [3.05, 3.63) is 22.7 Å². The number of nitrogens with zero attached hydrogens (tertiary/aromatic N) is 1. The monoisotopic (exact) mass is 343 g/mol. The van der Waals surface area contributed by atoms with Gasteiger partial charge in [-0.2, -0.15) is 4.36 Å². The number of hydrogen-bond acceptors (Lipinski definition) is 3. The van der Waals surface area contributed by atoms with Gasteiger partial charge >= 0.3 is 6.36 Å². The van der Waals surface area contributed by atoms with Gasteiger partial charge in [0.25, 0.3) is 0 Å². The average molecular weight is 344 g/mol. The zero-order valence-electron chi connectivity index (χ0n) is 9.04. The molecule has 2 rings (SSSR count). The molecular weight excluding hydrogens is 335 g/mol. The number of hydrogen-bond donors (Lipinski definition) is 0. The first-order chi connectivity index (χ1) is 8.27. The Balaban J connectivity index is 2.33. The molecule has 0 aromatic heterocycles. The Morgan fingerprint density at radius 1 is 1.33 bits per heavy atom. The van der Waals surface area contributed by atoms with Crippen LogP contribution in [-0.2, 0) is 9.73 Å². The minimum atomic E-state index is -4.75. The van der Waals surface area contributed by atoms with E-state index in [0.29, 0.717) is 16.0 Å². The molecule has 0 radical (unpaired) electrons. The van der Waals surface area contributed by atoms with Gasteiger partial charge in [-0.3, -0.25) is 0 Å². The maximum atomic E-state index is 12.1. The van der Waals surface area contributed by atoms with Gasteiger partial charge < -0.3 is 4.74 Å². The SMILES string of the molecule is O=S1(=Nc2cc(OC(F)(F)F)ccc2Br)CCC1. The number of rotatable bonds is 2. The summed E-state index contributed by atoms with van der Waals surface area (Å²) in [5.74, 6) is 0.611. The first-order valence-electron chi connectivity index (χ1n) is 5.05. The second kappa shape index (κ2) is 4.73. The molecule has 1 heterocycles. The zero-order valence-corrected chi connectivity index (χ0v) is 11.4. The molecule has 0 saturated carbocycles. The van der Waals surface area contributed by atoms with Crippen molar-refractivity contribution in [2.24, 2.45) is 4.36 Å². The van der Waals surface area contributed by atoms with Crippen LogP contribution in [0.4, 0.5) is 18.9 Å². The Kier molecular flexibility index (Phi) is 3.59. The summed E-state index contributed by atoms with van der Waals surface area (Å²) in [7, 11) is -2.27. The summed E-state index contributed by atoms with van der Waals surface area (Å²) in [5.41, 5.74) is 0.224. The van der Waals surface area contributed by atoms with Crippen LogP contribution in [0.25, 0.3) is 0 Å². The van der Waals surface area contributed by atoms with Gasteiger partial charge in [0, 0.05) is 22.0 Å². The minimum Gasteiger partial charge on any atom is -0.406 e. The van der Waals surface area contributed by atoms with Gasteiger partial charge in [-0.25, -0.2) is 4.21 Å². The highest BCUT2D eigenvalue weighted by Crippen LogP contribution is 2.34. The van der Waals surface area contributed by atoms with Crippen molar-refractivity contribution in [2.75, 3.05) is 11.5 Å². The average Bonchev–Trinajstić information content (AvgIpc) is 2.18. The predicted octanol–water partition coefficient (Wildman–Crippen LogP) is 3.85. The minimum absolute atomic E-state index is 0.224. The van der Waals surface area contributed by atoms with Gasteiger partial charge in [0.1, 0.15) is 5.75 Å². The molecule has 0 amide bonds. The highest BCUT2D eigenvalue weighted by atomic mass is 79.9. The summed E-state index contributed by atoms with van der Waals surface area (Å²) in [6.07, 6.45) is -3.91. The van der Waals surface area contributed by atoms with E-state index < -0.39 is 16.1 Å². The van der Waals surface area contributed by atoms with Crippen molar-refractivity contribution in [1.29, 1.82) is 0 Å². The van der Waals surface area contributed by atoms with Crippen molar-refractivity contribution in [1.82, 2.24) is 0 Å². The number of halogens is 4. The van der Waals surface area contributed by atoms with Gasteiger partial charge in [0.05, 0.1) is 15.4 Å². The van der Waals surface area contributed by atoms with E-state index in [1.54, 1.807) is 0 Å². The molecule has 8 heteroatoms. The number of benzene rings is 1. The van der Waals surface area contributed by atoms with Crippen molar-refractivity contribution in [2.45, 2.75) is 12.8 Å². The maximum Gasteiger partial charge on any atom is 0.573 e. The van der Waals surface area contributed by atoms with Crippen LogP contribution in [-0.4, -0.2) is 22.1 Å². The Labute approximate surface area is 111 Å². The molecule has 100 valence electrons. The Hall–Kier alpha value is -0.760. The van der Waals surface area contributed by atoms with Crippen molar-refractivity contribution in [3.8, 4) is 5.75 Å². The molecule has 18 heavy (non-hydrogen) atoms. The van der Waals surface area contributed by atoms with Crippen molar-refractivity contribution >= 4 is 31.3 Å². The molecule has 0 bridgehead atoms. The molecule has 0 unspecified atom stereocenters. The number of ether oxygens (including phenoxy) is 1. The maximum absolute atomic E-state index is 12.1. The fourth-order valence-electron chi connectivity index (χ4n) is 1.42. The van der Waals surface area contributed by atoms with Crippen molar-refractivity contribution in [3.63, 3.8) is 0 Å². The Morgan fingerprint density at radius 2 is 2.00 bits per heavy atom. The molecule has 1 fully saturated rings. The van der Waals surface area contributed by atoms with E-state index >= 15 is 0 Å². The summed E-state index contributed by atoms with van der Waals surface area (Å²) in [5, 5.41) is 0. The van der Waals surface area contributed by atoms with E-state index in [4.69, 9.17) is 0 Å². The molecule has 1 aliphatic heterocycles. The fourth-order valence-corrected chi connectivity index (χ4v) is 3.35. The summed E-state index contributed by atoms with van der Waals surface area (Å²) in [6, 6.07) is 3.69. The molecule has 1 aromatic rings. The second-order valence-corrected chi connectivity index (χ2v) is 7.19. The van der Waals surface area contributed by atoms with Gasteiger partial charge in [-0.1, -0.05) is 0 Å². The lowest BCUT2D eigenvalue weighted by Crippen LogP contribution is -2.23. The molecule has 0 N–H and O–H groups in total. The summed E-state index contributed by atoms with van der Waals surface area (Å²) >= 11 is 3.16. The molecule has 1 aliphatic rings. The van der Waals surface area contributed by atoms with Gasteiger partial charge in [0.15, 0.2) is 0 Å². The van der Waals surface area contributed by atoms with E-state index in [1.807, 2.05) is 0 Å². The predicted molar refractivity (Wildman–Crippen MR) is 65.4 cm³/mol. The van der Waals surface area contributed by atoms with E-state index in [2.05, 4.69) is 25.0 Å². The van der Waals surface area contributed by atoms with Crippen LogP contribution in [0.5, 0.6) is 5.75 Å². The second-order valence-electron chi connectivity index (χ2n) is 3.79. The third-order valence-electron chi connectivity index (χ3n) is 2.34. The first kappa shape index (κ1) is 13.7. The largest absolute Gasteiger partial charge is 0.573 e. The lowest BCUT2D eigenvalue weighted by atomic mass is 10.3. The lowest BCUT2D eigenvalue weighted by molar-refractivity contribution is -0.274. The van der Waals surface area contributed by atoms with Gasteiger partial charge in [-0.05, 0) is 34.5 Å². The first-order valence-corrected chi connectivity index (χ1v) is 7.70. The Bertz CT molecular complexity index is 569. The molecule has 1 aromatic carbocycles. The molecule has 0 spiro atoms. The highest BCUT2D eigenvalue weighted by molar-refractivity contribution is 9.10. The molecular formula is C10H9BrF3NO2S. The quantitative estimate of drug-likeness (QED) is 0.817. The van der Waals surface area contributed by atoms with Crippen LogP contribution >= 0.6 is 15.9 Å². The standard InChI is InChI=1S/C10H9BrF3NO2S/c11-8-3-2-7(17-10(12,13)14)6-9(8)15-18(16)4-1-5-18/h2-3,6H,1,4-5H2. The molecule has 1 saturated heterocycles. The van der Waals surface area contributed by atoms with E-state index in [-0.39, 0.29) is 11.4 Å². The van der Waals surface area contributed by atoms with Crippen LogP contribution in [0.1, 0.15) is 6.42 Å². The molecule has 0 aliphatic carbocycles. The molecule has 3 nitrogen and oxygen atoms in total. The fraction of sp³-hybridized carbons (Fsp3) is 0.400. The van der Waals surface area contributed by atoms with E-state index in [9.17, 15) is 17.4 Å². The number of alkyl halides is 3. The van der Waals surface area contributed by atoms with Crippen LogP contribution in [0.3, 0.4) is 0 Å². The summed E-state index contributed by atoms with van der Waals surface area (Å²) in [4.78, 5) is 0. The van der Waals surface area contributed by atoms with Crippen LogP contribution < -0.4 is 4.74 Å². The van der Waals surface area contributed by atoms with E-state index in [1.165, 1.54) is 12.1 Å². The normalized spacial score (nSPS) is 18.0. The van der Waals surface area contributed by atoms with Gasteiger partial charge in [-0.15, -0.1) is 13.2 Å². The van der Waals surface area contributed by atoms with Crippen LogP contribution in [0, 0.1) is 0 Å². The highest BCUT2D eigenvalue weighted by Gasteiger charge is 2.31.